The fraction of sp³-hybridized carbons (Fsp3) is 0.308. The summed E-state index contributed by atoms with van der Waals surface area (Å²) < 4.78 is 37.4. The zero-order valence-electron chi connectivity index (χ0n) is 10.3. The number of carbonyl (C=O) groups excluding carboxylic acids is 1. The van der Waals surface area contributed by atoms with E-state index in [1.54, 1.807) is 6.08 Å². The number of hydrogen-bond donors (Lipinski definition) is 2. The van der Waals surface area contributed by atoms with E-state index in [9.17, 15) is 18.0 Å². The van der Waals surface area contributed by atoms with Crippen molar-refractivity contribution < 1.29 is 18.0 Å². The number of alkyl halides is 3. The summed E-state index contributed by atoms with van der Waals surface area (Å²) in [6, 6.07) is 4.88. The van der Waals surface area contributed by atoms with Crippen LogP contribution in [0.3, 0.4) is 0 Å². The average molecular weight is 272 g/mol. The first kappa shape index (κ1) is 15.2. The van der Waals surface area contributed by atoms with Crippen LogP contribution in [0.5, 0.6) is 0 Å². The lowest BCUT2D eigenvalue weighted by Crippen LogP contribution is -2.33. The Labute approximate surface area is 109 Å². The highest BCUT2D eigenvalue weighted by Gasteiger charge is 2.30. The molecule has 1 aromatic carbocycles. The van der Waals surface area contributed by atoms with Crippen molar-refractivity contribution in [3.8, 4) is 0 Å². The summed E-state index contributed by atoms with van der Waals surface area (Å²) in [7, 11) is 0. The molecule has 1 amide bonds. The van der Waals surface area contributed by atoms with Crippen LogP contribution in [0.25, 0.3) is 0 Å². The molecule has 0 aromatic heterocycles. The van der Waals surface area contributed by atoms with E-state index in [-0.39, 0.29) is 19.0 Å². The van der Waals surface area contributed by atoms with Crippen molar-refractivity contribution >= 4 is 5.91 Å². The molecule has 0 radical (unpaired) electrons. The first-order valence-electron chi connectivity index (χ1n) is 5.68. The maximum Gasteiger partial charge on any atom is 0.416 e. The minimum atomic E-state index is -4.37. The number of halogens is 3. The zero-order valence-corrected chi connectivity index (χ0v) is 10.3. The number of carbonyl (C=O) groups is 1. The Bertz CT molecular complexity index is 444. The third kappa shape index (κ3) is 5.56. The van der Waals surface area contributed by atoms with Gasteiger partial charge in [0.1, 0.15) is 0 Å². The summed E-state index contributed by atoms with van der Waals surface area (Å²) in [5, 5.41) is 5.33. The molecule has 0 fully saturated rings. The summed E-state index contributed by atoms with van der Waals surface area (Å²) in [5.74, 6) is -0.278. The summed E-state index contributed by atoms with van der Waals surface area (Å²) in [4.78, 5) is 11.3. The molecular formula is C13H15F3N2O. The van der Waals surface area contributed by atoms with E-state index >= 15 is 0 Å². The normalized spacial score (nSPS) is 11.1. The van der Waals surface area contributed by atoms with Crippen molar-refractivity contribution in [1.29, 1.82) is 0 Å². The third-order valence-corrected chi connectivity index (χ3v) is 2.32. The average Bonchev–Trinajstić information content (AvgIpc) is 2.36. The monoisotopic (exact) mass is 272 g/mol. The summed E-state index contributed by atoms with van der Waals surface area (Å²) in [6.07, 6.45) is -2.76. The maximum atomic E-state index is 12.5. The smallest absolute Gasteiger partial charge is 0.351 e. The van der Waals surface area contributed by atoms with Gasteiger partial charge in [-0.15, -0.1) is 6.58 Å². The predicted octanol–water partition coefficient (Wildman–Crippen LogP) is 2.10. The fourth-order valence-electron chi connectivity index (χ4n) is 1.41. The van der Waals surface area contributed by atoms with Crippen LogP contribution >= 0.6 is 0 Å². The molecule has 6 heteroatoms. The second-order valence-electron chi connectivity index (χ2n) is 3.89. The molecule has 0 aliphatic carbocycles. The first-order chi connectivity index (χ1) is 8.93. The van der Waals surface area contributed by atoms with Gasteiger partial charge in [0.2, 0.25) is 5.91 Å². The van der Waals surface area contributed by atoms with Crippen molar-refractivity contribution in [2.75, 3.05) is 13.1 Å². The Morgan fingerprint density at radius 3 is 2.74 bits per heavy atom. The van der Waals surface area contributed by atoms with E-state index in [2.05, 4.69) is 17.2 Å². The Morgan fingerprint density at radius 2 is 2.11 bits per heavy atom. The third-order valence-electron chi connectivity index (χ3n) is 2.32. The SMILES string of the molecule is C=CCNCC(=O)NCc1cccc(C(F)(F)F)c1. The molecule has 0 unspecified atom stereocenters. The molecule has 0 spiro atoms. The Balaban J connectivity index is 2.49. The topological polar surface area (TPSA) is 41.1 Å². The molecule has 1 aromatic rings. The van der Waals surface area contributed by atoms with Crippen molar-refractivity contribution in [3.63, 3.8) is 0 Å². The quantitative estimate of drug-likeness (QED) is 0.615. The van der Waals surface area contributed by atoms with Gasteiger partial charge in [0.15, 0.2) is 0 Å². The van der Waals surface area contributed by atoms with Gasteiger partial charge < -0.3 is 10.6 Å². The maximum absolute atomic E-state index is 12.5. The first-order valence-corrected chi connectivity index (χ1v) is 5.68. The van der Waals surface area contributed by atoms with Crippen LogP contribution in [0.2, 0.25) is 0 Å². The molecule has 0 saturated carbocycles. The van der Waals surface area contributed by atoms with Gasteiger partial charge in [-0.3, -0.25) is 4.79 Å². The standard InChI is InChI=1S/C13H15F3N2O/c1-2-6-17-9-12(19)18-8-10-4-3-5-11(7-10)13(14,15)16/h2-5,7,17H,1,6,8-9H2,(H,18,19). The second-order valence-corrected chi connectivity index (χ2v) is 3.89. The van der Waals surface area contributed by atoms with Gasteiger partial charge in [-0.2, -0.15) is 13.2 Å². The van der Waals surface area contributed by atoms with Crippen LogP contribution in [-0.4, -0.2) is 19.0 Å². The summed E-state index contributed by atoms with van der Waals surface area (Å²) in [5.41, 5.74) is -0.309. The highest BCUT2D eigenvalue weighted by molar-refractivity contribution is 5.77. The van der Waals surface area contributed by atoms with Gasteiger partial charge in [0.25, 0.3) is 0 Å². The number of nitrogens with one attached hydrogen (secondary N) is 2. The van der Waals surface area contributed by atoms with Gasteiger partial charge in [0.05, 0.1) is 12.1 Å². The van der Waals surface area contributed by atoms with Crippen molar-refractivity contribution in [3.05, 3.63) is 48.0 Å². The highest BCUT2D eigenvalue weighted by Crippen LogP contribution is 2.29. The van der Waals surface area contributed by atoms with Crippen LogP contribution in [0, 0.1) is 0 Å². The van der Waals surface area contributed by atoms with Crippen molar-refractivity contribution in [2.45, 2.75) is 12.7 Å². The highest BCUT2D eigenvalue weighted by atomic mass is 19.4. The van der Waals surface area contributed by atoms with E-state index in [4.69, 9.17) is 0 Å². The summed E-state index contributed by atoms with van der Waals surface area (Å²) >= 11 is 0. The Hall–Kier alpha value is -1.82. The van der Waals surface area contributed by atoms with E-state index in [0.717, 1.165) is 12.1 Å². The van der Waals surface area contributed by atoms with Gasteiger partial charge in [-0.1, -0.05) is 18.2 Å². The van der Waals surface area contributed by atoms with Crippen LogP contribution in [0.15, 0.2) is 36.9 Å². The molecule has 2 N–H and O–H groups in total. The lowest BCUT2D eigenvalue weighted by Gasteiger charge is -2.09. The van der Waals surface area contributed by atoms with Crippen LogP contribution in [0.1, 0.15) is 11.1 Å². The molecular weight excluding hydrogens is 257 g/mol. The fourth-order valence-corrected chi connectivity index (χ4v) is 1.41. The number of rotatable bonds is 6. The molecule has 0 saturated heterocycles. The van der Waals surface area contributed by atoms with E-state index in [1.165, 1.54) is 12.1 Å². The summed E-state index contributed by atoms with van der Waals surface area (Å²) in [6.45, 7) is 4.15. The van der Waals surface area contributed by atoms with Gasteiger partial charge in [0, 0.05) is 13.1 Å². The molecule has 104 valence electrons. The molecule has 0 aliphatic rings. The Morgan fingerprint density at radius 1 is 1.37 bits per heavy atom. The zero-order chi connectivity index (χ0) is 14.3. The van der Waals surface area contributed by atoms with Gasteiger partial charge >= 0.3 is 6.18 Å². The lowest BCUT2D eigenvalue weighted by atomic mass is 10.1. The van der Waals surface area contributed by atoms with Crippen molar-refractivity contribution in [1.82, 2.24) is 10.6 Å². The van der Waals surface area contributed by atoms with Crippen molar-refractivity contribution in [2.24, 2.45) is 0 Å². The molecule has 3 nitrogen and oxygen atoms in total. The van der Waals surface area contributed by atoms with E-state index < -0.39 is 11.7 Å². The molecule has 0 aliphatic heterocycles. The molecule has 0 atom stereocenters. The number of amides is 1. The van der Waals surface area contributed by atoms with Crippen LogP contribution in [-0.2, 0) is 17.5 Å². The molecule has 19 heavy (non-hydrogen) atoms. The second kappa shape index (κ2) is 6.94. The lowest BCUT2D eigenvalue weighted by molar-refractivity contribution is -0.137. The number of hydrogen-bond acceptors (Lipinski definition) is 2. The van der Waals surface area contributed by atoms with Gasteiger partial charge in [-0.05, 0) is 17.7 Å². The van der Waals surface area contributed by atoms with Crippen LogP contribution < -0.4 is 10.6 Å². The minimum Gasteiger partial charge on any atom is -0.351 e. The molecule has 0 bridgehead atoms. The molecule has 1 rings (SSSR count). The van der Waals surface area contributed by atoms with Gasteiger partial charge in [-0.25, -0.2) is 0 Å². The molecule has 0 heterocycles. The number of benzene rings is 1. The van der Waals surface area contributed by atoms with E-state index in [1.807, 2.05) is 0 Å². The van der Waals surface area contributed by atoms with Crippen LogP contribution in [0.4, 0.5) is 13.2 Å². The largest absolute Gasteiger partial charge is 0.416 e. The Kier molecular flexibility index (Phi) is 5.57. The predicted molar refractivity (Wildman–Crippen MR) is 66.4 cm³/mol. The minimum absolute atomic E-state index is 0.0680. The van der Waals surface area contributed by atoms with E-state index in [0.29, 0.717) is 12.1 Å².